The highest BCUT2D eigenvalue weighted by atomic mass is 32.2. The van der Waals surface area contributed by atoms with Gasteiger partial charge in [-0.05, 0) is 66.1 Å². The number of alkyl halides is 3. The van der Waals surface area contributed by atoms with E-state index < -0.39 is 11.6 Å². The summed E-state index contributed by atoms with van der Waals surface area (Å²) < 4.78 is 45.4. The molecule has 0 aliphatic heterocycles. The van der Waals surface area contributed by atoms with Gasteiger partial charge in [-0.1, -0.05) is 56.7 Å². The van der Waals surface area contributed by atoms with Crippen molar-refractivity contribution in [1.82, 2.24) is 0 Å². The largest absolute Gasteiger partial charge is 0.457 e. The van der Waals surface area contributed by atoms with Crippen molar-refractivity contribution in [2.24, 2.45) is 0 Å². The van der Waals surface area contributed by atoms with Crippen LogP contribution >= 0.6 is 11.8 Å². The van der Waals surface area contributed by atoms with E-state index in [-0.39, 0.29) is 23.2 Å². The van der Waals surface area contributed by atoms with Gasteiger partial charge in [-0.3, -0.25) is 0 Å². The van der Waals surface area contributed by atoms with Crippen LogP contribution in [0.1, 0.15) is 37.8 Å². The third-order valence-electron chi connectivity index (χ3n) is 5.34. The van der Waals surface area contributed by atoms with Gasteiger partial charge in [0, 0.05) is 29.7 Å². The lowest BCUT2D eigenvalue weighted by atomic mass is 10.1. The van der Waals surface area contributed by atoms with Gasteiger partial charge in [0.05, 0.1) is 6.10 Å². The Morgan fingerprint density at radius 2 is 1.65 bits per heavy atom. The zero-order valence-electron chi connectivity index (χ0n) is 19.4. The number of hydrogen-bond donors (Lipinski definition) is 1. The summed E-state index contributed by atoms with van der Waals surface area (Å²) in [5.41, 5.74) is -1.89. The van der Waals surface area contributed by atoms with Crippen molar-refractivity contribution >= 4 is 17.4 Å². The summed E-state index contributed by atoms with van der Waals surface area (Å²) in [6.45, 7) is 4.60. The standard InChI is InChI=1S/C27H30F3NO2S/c1-3-9-23(32)19-31(18-21-11-5-6-15-26(21)34-27(28,29)30)22-12-8-14-25(17-22)33-24-13-7-10-20(4-2)16-24/h5-8,10-17,23,32H,3-4,9,18-19H2,1-2H3. The molecular formula is C27H30F3NO2S. The van der Waals surface area contributed by atoms with Crippen LogP contribution in [0.25, 0.3) is 0 Å². The van der Waals surface area contributed by atoms with Gasteiger partial charge in [-0.15, -0.1) is 0 Å². The number of halogens is 3. The molecule has 7 heteroatoms. The molecular weight excluding hydrogens is 459 g/mol. The molecule has 0 aliphatic carbocycles. The third-order valence-corrected chi connectivity index (χ3v) is 6.19. The van der Waals surface area contributed by atoms with Crippen LogP contribution < -0.4 is 9.64 Å². The molecule has 0 aromatic heterocycles. The Hall–Kier alpha value is -2.64. The average Bonchev–Trinajstić information content (AvgIpc) is 2.79. The quantitative estimate of drug-likeness (QED) is 0.278. The minimum Gasteiger partial charge on any atom is -0.457 e. The average molecular weight is 490 g/mol. The summed E-state index contributed by atoms with van der Waals surface area (Å²) in [4.78, 5) is 2.07. The first kappa shape index (κ1) is 26.0. The summed E-state index contributed by atoms with van der Waals surface area (Å²) in [6.07, 6.45) is 1.72. The van der Waals surface area contributed by atoms with Crippen molar-refractivity contribution in [2.45, 2.75) is 56.2 Å². The van der Waals surface area contributed by atoms with E-state index in [2.05, 4.69) is 6.92 Å². The Morgan fingerprint density at radius 1 is 0.941 bits per heavy atom. The summed E-state index contributed by atoms with van der Waals surface area (Å²) in [5.74, 6) is 1.35. The summed E-state index contributed by atoms with van der Waals surface area (Å²) in [7, 11) is 0. The molecule has 0 radical (unpaired) electrons. The van der Waals surface area contributed by atoms with E-state index in [0.29, 0.717) is 24.3 Å². The Labute approximate surface area is 203 Å². The number of hydrogen-bond acceptors (Lipinski definition) is 4. The molecule has 0 bridgehead atoms. The molecule has 1 N–H and O–H groups in total. The lowest BCUT2D eigenvalue weighted by Crippen LogP contribution is -2.32. The predicted molar refractivity (Wildman–Crippen MR) is 133 cm³/mol. The maximum absolute atomic E-state index is 13.1. The monoisotopic (exact) mass is 489 g/mol. The Kier molecular flexibility index (Phi) is 9.30. The zero-order valence-corrected chi connectivity index (χ0v) is 20.2. The Morgan fingerprint density at radius 3 is 2.35 bits per heavy atom. The molecule has 0 heterocycles. The van der Waals surface area contributed by atoms with Gasteiger partial charge in [0.1, 0.15) is 11.5 Å². The van der Waals surface area contributed by atoms with Crippen LogP contribution in [0.2, 0.25) is 0 Å². The number of rotatable bonds is 11. The Bertz CT molecular complexity index is 1060. The Balaban J connectivity index is 1.88. The van der Waals surface area contributed by atoms with Crippen LogP contribution in [-0.2, 0) is 13.0 Å². The first-order valence-electron chi connectivity index (χ1n) is 11.4. The molecule has 0 saturated carbocycles. The second-order valence-corrected chi connectivity index (χ2v) is 9.19. The lowest BCUT2D eigenvalue weighted by Gasteiger charge is -2.28. The number of thioether (sulfide) groups is 1. The van der Waals surface area contributed by atoms with Crippen LogP contribution in [0.3, 0.4) is 0 Å². The molecule has 0 spiro atoms. The summed E-state index contributed by atoms with van der Waals surface area (Å²) in [5, 5.41) is 10.5. The lowest BCUT2D eigenvalue weighted by molar-refractivity contribution is -0.0328. The maximum atomic E-state index is 13.1. The second-order valence-electron chi connectivity index (χ2n) is 8.08. The van der Waals surface area contributed by atoms with E-state index in [1.807, 2.05) is 60.4 Å². The number of aryl methyl sites for hydroxylation is 1. The first-order valence-corrected chi connectivity index (χ1v) is 12.2. The molecule has 3 nitrogen and oxygen atoms in total. The van der Waals surface area contributed by atoms with E-state index in [0.717, 1.165) is 29.8 Å². The summed E-state index contributed by atoms with van der Waals surface area (Å²) >= 11 is -0.112. The highest BCUT2D eigenvalue weighted by Crippen LogP contribution is 2.39. The highest BCUT2D eigenvalue weighted by Gasteiger charge is 2.30. The molecule has 0 fully saturated rings. The molecule has 3 aromatic rings. The van der Waals surface area contributed by atoms with Crippen molar-refractivity contribution in [2.75, 3.05) is 11.4 Å². The van der Waals surface area contributed by atoms with Crippen molar-refractivity contribution in [1.29, 1.82) is 0 Å². The van der Waals surface area contributed by atoms with Gasteiger partial charge in [0.15, 0.2) is 0 Å². The zero-order chi connectivity index (χ0) is 24.6. The number of aliphatic hydroxyl groups excluding tert-OH is 1. The number of aliphatic hydroxyl groups is 1. The minimum atomic E-state index is -4.37. The van der Waals surface area contributed by atoms with Crippen LogP contribution in [0.4, 0.5) is 18.9 Å². The fourth-order valence-electron chi connectivity index (χ4n) is 3.71. The number of nitrogens with zero attached hydrogens (tertiary/aromatic N) is 1. The van der Waals surface area contributed by atoms with Crippen LogP contribution in [0.15, 0.2) is 77.7 Å². The smallest absolute Gasteiger partial charge is 0.446 e. The van der Waals surface area contributed by atoms with Crippen molar-refractivity contribution < 1.29 is 23.0 Å². The van der Waals surface area contributed by atoms with Gasteiger partial charge in [-0.2, -0.15) is 13.2 Å². The second kappa shape index (κ2) is 12.2. The molecule has 34 heavy (non-hydrogen) atoms. The topological polar surface area (TPSA) is 32.7 Å². The molecule has 3 rings (SSSR count). The first-order chi connectivity index (χ1) is 16.3. The molecule has 1 atom stereocenters. The number of benzene rings is 3. The maximum Gasteiger partial charge on any atom is 0.446 e. The number of ether oxygens (including phenoxy) is 1. The van der Waals surface area contributed by atoms with E-state index in [1.165, 1.54) is 6.07 Å². The van der Waals surface area contributed by atoms with E-state index in [1.54, 1.807) is 18.2 Å². The van der Waals surface area contributed by atoms with Gasteiger partial charge in [-0.25, -0.2) is 0 Å². The fourth-order valence-corrected chi connectivity index (χ4v) is 4.37. The molecule has 0 amide bonds. The molecule has 0 aliphatic rings. The van der Waals surface area contributed by atoms with E-state index >= 15 is 0 Å². The highest BCUT2D eigenvalue weighted by molar-refractivity contribution is 8.00. The normalized spacial score (nSPS) is 12.4. The van der Waals surface area contributed by atoms with E-state index in [9.17, 15) is 18.3 Å². The molecule has 182 valence electrons. The third kappa shape index (κ3) is 7.99. The number of anilines is 1. The SMILES string of the molecule is CCCC(O)CN(Cc1ccccc1SC(F)(F)F)c1cccc(Oc2cccc(CC)c2)c1. The van der Waals surface area contributed by atoms with Gasteiger partial charge in [0.25, 0.3) is 0 Å². The molecule has 1 unspecified atom stereocenters. The van der Waals surface area contributed by atoms with Crippen molar-refractivity contribution in [3.63, 3.8) is 0 Å². The molecule has 0 saturated heterocycles. The van der Waals surface area contributed by atoms with Gasteiger partial charge in [0.2, 0.25) is 0 Å². The minimum absolute atomic E-state index is 0.112. The van der Waals surface area contributed by atoms with Crippen LogP contribution in [0, 0.1) is 0 Å². The van der Waals surface area contributed by atoms with Gasteiger partial charge < -0.3 is 14.7 Å². The fraction of sp³-hybridized carbons (Fsp3) is 0.333. The predicted octanol–water partition coefficient (Wildman–Crippen LogP) is 7.82. The van der Waals surface area contributed by atoms with Crippen molar-refractivity contribution in [3.05, 3.63) is 83.9 Å². The van der Waals surface area contributed by atoms with E-state index in [4.69, 9.17) is 4.74 Å². The summed E-state index contributed by atoms with van der Waals surface area (Å²) in [6, 6.07) is 21.8. The van der Waals surface area contributed by atoms with Gasteiger partial charge >= 0.3 is 5.51 Å². The van der Waals surface area contributed by atoms with Crippen molar-refractivity contribution in [3.8, 4) is 11.5 Å². The van der Waals surface area contributed by atoms with Crippen LogP contribution in [0.5, 0.6) is 11.5 Å². The molecule has 3 aromatic carbocycles. The van der Waals surface area contributed by atoms with Crippen LogP contribution in [-0.4, -0.2) is 23.3 Å².